The highest BCUT2D eigenvalue weighted by Crippen LogP contribution is 2.46. The molecular formula is C15H20O3. The molecule has 3 nitrogen and oxygen atoms in total. The number of hydrogen-bond acceptors (Lipinski definition) is 3. The highest BCUT2D eigenvalue weighted by molar-refractivity contribution is 5.47. The number of hydrogen-bond donors (Lipinski definition) is 0. The van der Waals surface area contributed by atoms with Crippen molar-refractivity contribution >= 4 is 0 Å². The van der Waals surface area contributed by atoms with Gasteiger partial charge in [-0.2, -0.15) is 0 Å². The van der Waals surface area contributed by atoms with Gasteiger partial charge in [0.2, 0.25) is 5.79 Å². The molecular weight excluding hydrogens is 228 g/mol. The molecule has 0 heterocycles. The molecule has 98 valence electrons. The highest BCUT2D eigenvalue weighted by Gasteiger charge is 2.45. The van der Waals surface area contributed by atoms with Crippen molar-refractivity contribution in [2.24, 2.45) is 0 Å². The van der Waals surface area contributed by atoms with Crippen LogP contribution in [0.2, 0.25) is 0 Å². The Balaban J connectivity index is 2.73. The molecule has 0 saturated heterocycles. The number of fused-ring (bicyclic) bond motifs is 1. The molecule has 1 aliphatic carbocycles. The molecule has 0 aromatic heterocycles. The quantitative estimate of drug-likeness (QED) is 0.608. The fourth-order valence-electron chi connectivity index (χ4n) is 2.80. The van der Waals surface area contributed by atoms with Crippen molar-refractivity contribution in [3.05, 3.63) is 47.0 Å². The fraction of sp³-hybridized carbons (Fsp3) is 0.467. The van der Waals surface area contributed by atoms with E-state index >= 15 is 0 Å². The van der Waals surface area contributed by atoms with Gasteiger partial charge in [0.1, 0.15) is 5.60 Å². The molecule has 0 bridgehead atoms. The summed E-state index contributed by atoms with van der Waals surface area (Å²) in [6.45, 7) is 4.05. The summed E-state index contributed by atoms with van der Waals surface area (Å²) in [6, 6.07) is 8.06. The van der Waals surface area contributed by atoms with Crippen LogP contribution >= 0.6 is 0 Å². The molecule has 2 rings (SSSR count). The van der Waals surface area contributed by atoms with Crippen molar-refractivity contribution < 1.29 is 14.2 Å². The first-order valence-electron chi connectivity index (χ1n) is 5.99. The van der Waals surface area contributed by atoms with E-state index in [2.05, 4.69) is 12.1 Å². The van der Waals surface area contributed by atoms with Crippen LogP contribution in [0.25, 0.3) is 0 Å². The monoisotopic (exact) mass is 248 g/mol. The maximum absolute atomic E-state index is 5.67. The topological polar surface area (TPSA) is 27.7 Å². The number of benzene rings is 1. The van der Waals surface area contributed by atoms with Gasteiger partial charge in [0.15, 0.2) is 0 Å². The van der Waals surface area contributed by atoms with E-state index in [1.165, 1.54) is 0 Å². The smallest absolute Gasteiger partial charge is 0.217 e. The van der Waals surface area contributed by atoms with E-state index in [-0.39, 0.29) is 0 Å². The van der Waals surface area contributed by atoms with Gasteiger partial charge in [-0.15, -0.1) is 0 Å². The van der Waals surface area contributed by atoms with Gasteiger partial charge in [-0.1, -0.05) is 24.3 Å². The van der Waals surface area contributed by atoms with Crippen molar-refractivity contribution in [1.82, 2.24) is 0 Å². The second kappa shape index (κ2) is 4.50. The standard InChI is InChI=1S/C15H20O3/c1-11-10-14(2,16-3)12-8-6-7-9-13(12)15(11,17-4)18-5/h6-10H,1-5H3. The van der Waals surface area contributed by atoms with Crippen LogP contribution in [0.15, 0.2) is 35.9 Å². The molecule has 1 aromatic carbocycles. The van der Waals surface area contributed by atoms with E-state index in [9.17, 15) is 0 Å². The molecule has 1 aliphatic rings. The van der Waals surface area contributed by atoms with Gasteiger partial charge in [0.25, 0.3) is 0 Å². The Morgan fingerprint density at radius 3 is 1.94 bits per heavy atom. The first kappa shape index (κ1) is 13.3. The van der Waals surface area contributed by atoms with Gasteiger partial charge in [-0.3, -0.25) is 0 Å². The summed E-state index contributed by atoms with van der Waals surface area (Å²) in [5.74, 6) is -0.811. The average Bonchev–Trinajstić information content (AvgIpc) is 2.40. The summed E-state index contributed by atoms with van der Waals surface area (Å²) in [6.07, 6.45) is 2.06. The maximum Gasteiger partial charge on any atom is 0.217 e. The summed E-state index contributed by atoms with van der Waals surface area (Å²) in [5, 5.41) is 0. The van der Waals surface area contributed by atoms with Crippen LogP contribution in [0, 0.1) is 0 Å². The summed E-state index contributed by atoms with van der Waals surface area (Å²) in [5.41, 5.74) is 2.62. The lowest BCUT2D eigenvalue weighted by molar-refractivity contribution is -0.192. The Bertz CT molecular complexity index is 474. The number of ether oxygens (including phenoxy) is 3. The summed E-state index contributed by atoms with van der Waals surface area (Å²) >= 11 is 0. The molecule has 0 saturated carbocycles. The Kier molecular flexibility index (Phi) is 3.32. The fourth-order valence-corrected chi connectivity index (χ4v) is 2.80. The summed E-state index contributed by atoms with van der Waals surface area (Å²) in [4.78, 5) is 0. The van der Waals surface area contributed by atoms with Crippen LogP contribution in [-0.2, 0) is 25.6 Å². The highest BCUT2D eigenvalue weighted by atomic mass is 16.7. The third-order valence-corrected chi connectivity index (χ3v) is 3.83. The van der Waals surface area contributed by atoms with Crippen LogP contribution in [0.3, 0.4) is 0 Å². The average molecular weight is 248 g/mol. The Morgan fingerprint density at radius 1 is 0.889 bits per heavy atom. The van der Waals surface area contributed by atoms with E-state index in [1.54, 1.807) is 21.3 Å². The first-order valence-corrected chi connectivity index (χ1v) is 5.99. The van der Waals surface area contributed by atoms with Crippen molar-refractivity contribution in [3.8, 4) is 0 Å². The van der Waals surface area contributed by atoms with Crippen LogP contribution in [0.4, 0.5) is 0 Å². The van der Waals surface area contributed by atoms with Crippen molar-refractivity contribution in [2.45, 2.75) is 25.2 Å². The van der Waals surface area contributed by atoms with E-state index in [1.807, 2.05) is 32.0 Å². The zero-order chi connectivity index (χ0) is 13.4. The molecule has 0 spiro atoms. The first-order chi connectivity index (χ1) is 8.54. The van der Waals surface area contributed by atoms with Crippen molar-refractivity contribution in [3.63, 3.8) is 0 Å². The van der Waals surface area contributed by atoms with Gasteiger partial charge in [-0.05, 0) is 31.1 Å². The van der Waals surface area contributed by atoms with Crippen molar-refractivity contribution in [2.75, 3.05) is 21.3 Å². The Hall–Kier alpha value is -1.16. The van der Waals surface area contributed by atoms with Gasteiger partial charge >= 0.3 is 0 Å². The number of methoxy groups -OCH3 is 3. The molecule has 1 atom stereocenters. The van der Waals surface area contributed by atoms with Crippen LogP contribution in [0.5, 0.6) is 0 Å². The third kappa shape index (κ3) is 1.62. The molecule has 1 aromatic rings. The molecule has 0 amide bonds. The normalized spacial score (nSPS) is 25.5. The van der Waals surface area contributed by atoms with Gasteiger partial charge in [0.05, 0.1) is 0 Å². The SMILES string of the molecule is COC1(C)C=C(C)C(OC)(OC)c2ccccc21. The lowest BCUT2D eigenvalue weighted by Crippen LogP contribution is -2.41. The van der Waals surface area contributed by atoms with Crippen LogP contribution < -0.4 is 0 Å². The maximum atomic E-state index is 5.67. The van der Waals surface area contributed by atoms with Crippen LogP contribution in [-0.4, -0.2) is 21.3 Å². The molecule has 0 radical (unpaired) electrons. The summed E-state index contributed by atoms with van der Waals surface area (Å²) in [7, 11) is 5.04. The zero-order valence-corrected chi connectivity index (χ0v) is 11.6. The van der Waals surface area contributed by atoms with Gasteiger partial charge in [-0.25, -0.2) is 0 Å². The molecule has 1 unspecified atom stereocenters. The second-order valence-electron chi connectivity index (χ2n) is 4.71. The zero-order valence-electron chi connectivity index (χ0n) is 11.6. The minimum atomic E-state index is -0.811. The molecule has 3 heteroatoms. The summed E-state index contributed by atoms with van der Waals surface area (Å²) < 4.78 is 17.0. The third-order valence-electron chi connectivity index (χ3n) is 3.83. The lowest BCUT2D eigenvalue weighted by atomic mass is 9.78. The minimum Gasteiger partial charge on any atom is -0.370 e. The Labute approximate surface area is 108 Å². The van der Waals surface area contributed by atoms with Crippen LogP contribution in [0.1, 0.15) is 25.0 Å². The molecule has 0 N–H and O–H groups in total. The molecule has 0 fully saturated rings. The lowest BCUT2D eigenvalue weighted by Gasteiger charge is -2.42. The second-order valence-corrected chi connectivity index (χ2v) is 4.71. The van der Waals surface area contributed by atoms with Gasteiger partial charge < -0.3 is 14.2 Å². The number of rotatable bonds is 3. The van der Waals surface area contributed by atoms with E-state index in [0.29, 0.717) is 0 Å². The van der Waals surface area contributed by atoms with E-state index < -0.39 is 11.4 Å². The minimum absolute atomic E-state index is 0.443. The molecule has 0 aliphatic heterocycles. The van der Waals surface area contributed by atoms with E-state index in [4.69, 9.17) is 14.2 Å². The molecule has 18 heavy (non-hydrogen) atoms. The van der Waals surface area contributed by atoms with Crippen molar-refractivity contribution in [1.29, 1.82) is 0 Å². The van der Waals surface area contributed by atoms with Gasteiger partial charge in [0, 0.05) is 26.9 Å². The van der Waals surface area contributed by atoms with E-state index in [0.717, 1.165) is 16.7 Å². The Morgan fingerprint density at radius 2 is 1.44 bits per heavy atom. The predicted molar refractivity (Wildman–Crippen MR) is 70.3 cm³/mol. The predicted octanol–water partition coefficient (Wildman–Crippen LogP) is 2.95. The largest absolute Gasteiger partial charge is 0.370 e.